The first kappa shape index (κ1) is 14.1. The van der Waals surface area contributed by atoms with Crippen molar-refractivity contribution in [1.29, 1.82) is 0 Å². The topological polar surface area (TPSA) is 60.7 Å². The third-order valence-corrected chi connectivity index (χ3v) is 1.28. The molecular formula is C10H16O3. The van der Waals surface area contributed by atoms with Crippen LogP contribution in [0.2, 0.25) is 0 Å². The van der Waals surface area contributed by atoms with Crippen LogP contribution in [0.1, 0.15) is 5.56 Å². The quantitative estimate of drug-likeness (QED) is 0.539. The van der Waals surface area contributed by atoms with Crippen molar-refractivity contribution in [3.8, 4) is 11.5 Å². The Balaban J connectivity index is 0. The first-order valence-electron chi connectivity index (χ1n) is 3.64. The summed E-state index contributed by atoms with van der Waals surface area (Å²) in [6, 6.07) is 4.67. The largest absolute Gasteiger partial charge is 0.508 e. The number of phenolic OH excluding ortho intramolecular Hbond substituents is 2. The Morgan fingerprint density at radius 3 is 1.54 bits per heavy atom. The Hall–Kier alpha value is -1.48. The van der Waals surface area contributed by atoms with Crippen LogP contribution in [0.15, 0.2) is 31.4 Å². The van der Waals surface area contributed by atoms with Crippen LogP contribution in [-0.2, 0) is 0 Å². The molecule has 3 nitrogen and oxygen atoms in total. The number of rotatable bonds is 0. The molecule has 0 aliphatic rings. The Bertz CT molecular complexity index is 213. The third kappa shape index (κ3) is 4.87. The van der Waals surface area contributed by atoms with Crippen LogP contribution in [0.3, 0.4) is 0 Å². The van der Waals surface area contributed by atoms with E-state index in [1.807, 2.05) is 0 Å². The van der Waals surface area contributed by atoms with Crippen molar-refractivity contribution >= 4 is 0 Å². The molecule has 0 amide bonds. The first-order chi connectivity index (χ1) is 6.22. The monoisotopic (exact) mass is 184 g/mol. The number of aliphatic hydroxyl groups excluding tert-OH is 1. The number of hydrogen-bond donors (Lipinski definition) is 3. The van der Waals surface area contributed by atoms with Gasteiger partial charge in [-0.15, -0.1) is 13.2 Å². The molecule has 3 N–H and O–H groups in total. The number of aromatic hydroxyl groups is 2. The molecular weight excluding hydrogens is 168 g/mol. The molecule has 0 atom stereocenters. The van der Waals surface area contributed by atoms with Crippen molar-refractivity contribution in [2.45, 2.75) is 6.92 Å². The summed E-state index contributed by atoms with van der Waals surface area (Å²) in [6.07, 6.45) is 0. The second kappa shape index (κ2) is 8.62. The van der Waals surface area contributed by atoms with Crippen molar-refractivity contribution in [1.82, 2.24) is 0 Å². The minimum atomic E-state index is 0.134. The summed E-state index contributed by atoms with van der Waals surface area (Å²) >= 11 is 0. The maximum absolute atomic E-state index is 8.94. The van der Waals surface area contributed by atoms with E-state index in [9.17, 15) is 0 Å². The minimum absolute atomic E-state index is 0.134. The lowest BCUT2D eigenvalue weighted by molar-refractivity contribution is 0.399. The van der Waals surface area contributed by atoms with Gasteiger partial charge < -0.3 is 15.3 Å². The van der Waals surface area contributed by atoms with Crippen molar-refractivity contribution in [2.75, 3.05) is 7.11 Å². The number of hydrogen-bond acceptors (Lipinski definition) is 3. The van der Waals surface area contributed by atoms with Gasteiger partial charge in [0.25, 0.3) is 0 Å². The zero-order chi connectivity index (χ0) is 10.9. The molecule has 0 unspecified atom stereocenters. The molecule has 74 valence electrons. The summed E-state index contributed by atoms with van der Waals surface area (Å²) in [5.74, 6) is 0.269. The van der Waals surface area contributed by atoms with E-state index in [0.29, 0.717) is 5.56 Å². The fourth-order valence-corrected chi connectivity index (χ4v) is 0.612. The molecule has 0 saturated carbocycles. The molecule has 1 aromatic carbocycles. The van der Waals surface area contributed by atoms with Gasteiger partial charge >= 0.3 is 0 Å². The summed E-state index contributed by atoms with van der Waals surface area (Å²) < 4.78 is 0. The van der Waals surface area contributed by atoms with Crippen molar-refractivity contribution in [3.05, 3.63) is 36.9 Å². The Kier molecular flexibility index (Phi) is 9.32. The van der Waals surface area contributed by atoms with Crippen LogP contribution >= 0.6 is 0 Å². The van der Waals surface area contributed by atoms with Crippen LogP contribution in [0.5, 0.6) is 11.5 Å². The highest BCUT2D eigenvalue weighted by atomic mass is 16.3. The lowest BCUT2D eigenvalue weighted by Gasteiger charge is -1.98. The molecule has 1 aromatic rings. The Morgan fingerprint density at radius 1 is 1.00 bits per heavy atom. The normalized spacial score (nSPS) is 7.31. The zero-order valence-corrected chi connectivity index (χ0v) is 7.99. The van der Waals surface area contributed by atoms with E-state index in [0.717, 1.165) is 7.11 Å². The summed E-state index contributed by atoms with van der Waals surface area (Å²) in [5.41, 5.74) is 0.525. The Labute approximate surface area is 78.6 Å². The van der Waals surface area contributed by atoms with Crippen molar-refractivity contribution < 1.29 is 15.3 Å². The number of phenols is 2. The van der Waals surface area contributed by atoms with Gasteiger partial charge in [-0.2, -0.15) is 0 Å². The highest BCUT2D eigenvalue weighted by molar-refractivity contribution is 5.41. The average Bonchev–Trinajstić information content (AvgIpc) is 2.20. The molecule has 0 fully saturated rings. The summed E-state index contributed by atoms with van der Waals surface area (Å²) in [5, 5.41) is 24.9. The second-order valence-corrected chi connectivity index (χ2v) is 1.92. The lowest BCUT2D eigenvalue weighted by Crippen LogP contribution is -1.73. The van der Waals surface area contributed by atoms with E-state index in [4.69, 9.17) is 15.3 Å². The van der Waals surface area contributed by atoms with Crippen LogP contribution in [0, 0.1) is 6.92 Å². The molecule has 13 heavy (non-hydrogen) atoms. The third-order valence-electron chi connectivity index (χ3n) is 1.28. The maximum Gasteiger partial charge on any atom is 0.122 e. The second-order valence-electron chi connectivity index (χ2n) is 1.92. The van der Waals surface area contributed by atoms with Crippen molar-refractivity contribution in [2.24, 2.45) is 0 Å². The van der Waals surface area contributed by atoms with E-state index >= 15 is 0 Å². The van der Waals surface area contributed by atoms with Gasteiger partial charge in [-0.1, -0.05) is 6.07 Å². The van der Waals surface area contributed by atoms with Gasteiger partial charge in [0.05, 0.1) is 0 Å². The van der Waals surface area contributed by atoms with Gasteiger partial charge in [-0.3, -0.25) is 0 Å². The van der Waals surface area contributed by atoms with Crippen LogP contribution in [-0.4, -0.2) is 22.4 Å². The summed E-state index contributed by atoms with van der Waals surface area (Å²) in [6.45, 7) is 7.66. The minimum Gasteiger partial charge on any atom is -0.508 e. The van der Waals surface area contributed by atoms with E-state index in [-0.39, 0.29) is 11.5 Å². The molecule has 0 saturated heterocycles. The number of aliphatic hydroxyl groups is 1. The van der Waals surface area contributed by atoms with Crippen molar-refractivity contribution in [3.63, 3.8) is 0 Å². The fourth-order valence-electron chi connectivity index (χ4n) is 0.612. The van der Waals surface area contributed by atoms with E-state index in [2.05, 4.69) is 13.2 Å². The Morgan fingerprint density at radius 2 is 1.31 bits per heavy atom. The number of benzene rings is 1. The lowest BCUT2D eigenvalue weighted by atomic mass is 10.2. The van der Waals surface area contributed by atoms with Gasteiger partial charge in [0.15, 0.2) is 0 Å². The standard InChI is InChI=1S/C7H8O2.C2H4.CH4O/c1-5-6(8)3-2-4-7(5)9;2*1-2/h2-4,8-9H,1H3;1-2H2;2H,1H3. The van der Waals surface area contributed by atoms with Gasteiger partial charge in [0.2, 0.25) is 0 Å². The predicted molar refractivity (Wildman–Crippen MR) is 53.9 cm³/mol. The molecule has 1 rings (SSSR count). The van der Waals surface area contributed by atoms with E-state index < -0.39 is 0 Å². The molecule has 0 aliphatic heterocycles. The van der Waals surface area contributed by atoms with Crippen LogP contribution in [0.25, 0.3) is 0 Å². The molecule has 0 aliphatic carbocycles. The van der Waals surface area contributed by atoms with Gasteiger partial charge in [0.1, 0.15) is 11.5 Å². The molecule has 0 heterocycles. The maximum atomic E-state index is 8.94. The molecule has 0 bridgehead atoms. The molecule has 0 spiro atoms. The highest BCUT2D eigenvalue weighted by Crippen LogP contribution is 2.23. The van der Waals surface area contributed by atoms with Crippen LogP contribution in [0.4, 0.5) is 0 Å². The SMILES string of the molecule is C=C.CO.Cc1c(O)cccc1O. The molecule has 0 radical (unpaired) electrons. The van der Waals surface area contributed by atoms with Crippen LogP contribution < -0.4 is 0 Å². The molecule has 3 heteroatoms. The summed E-state index contributed by atoms with van der Waals surface area (Å²) in [4.78, 5) is 0. The van der Waals surface area contributed by atoms with Gasteiger partial charge in [-0.05, 0) is 19.1 Å². The van der Waals surface area contributed by atoms with E-state index in [1.165, 1.54) is 12.1 Å². The fraction of sp³-hybridized carbons (Fsp3) is 0.200. The predicted octanol–water partition coefficient (Wildman–Crippen LogP) is 1.82. The van der Waals surface area contributed by atoms with E-state index in [1.54, 1.807) is 13.0 Å². The smallest absolute Gasteiger partial charge is 0.122 e. The van der Waals surface area contributed by atoms with Gasteiger partial charge in [0, 0.05) is 12.7 Å². The average molecular weight is 184 g/mol. The van der Waals surface area contributed by atoms with Gasteiger partial charge in [-0.25, -0.2) is 0 Å². The highest BCUT2D eigenvalue weighted by Gasteiger charge is 1.97. The summed E-state index contributed by atoms with van der Waals surface area (Å²) in [7, 11) is 1.00. The molecule has 0 aromatic heterocycles. The zero-order valence-electron chi connectivity index (χ0n) is 7.99. The first-order valence-corrected chi connectivity index (χ1v) is 3.64.